The van der Waals surface area contributed by atoms with Crippen molar-refractivity contribution >= 4 is 27.7 Å². The van der Waals surface area contributed by atoms with Crippen LogP contribution in [0, 0.1) is 0 Å². The van der Waals surface area contributed by atoms with E-state index in [2.05, 4.69) is 52.8 Å². The van der Waals surface area contributed by atoms with Gasteiger partial charge in [0.1, 0.15) is 0 Å². The fraction of sp³-hybridized carbons (Fsp3) is 0.208. The number of benzene rings is 3. The van der Waals surface area contributed by atoms with Gasteiger partial charge in [-0.2, -0.15) is 0 Å². The summed E-state index contributed by atoms with van der Waals surface area (Å²) in [6, 6.07) is 14.9. The molecule has 4 nitrogen and oxygen atoms in total. The summed E-state index contributed by atoms with van der Waals surface area (Å²) in [6.07, 6.45) is 0.862. The molecule has 2 aliphatic rings. The van der Waals surface area contributed by atoms with Crippen LogP contribution in [0.5, 0.6) is 0 Å². The van der Waals surface area contributed by atoms with Crippen LogP contribution >= 0.6 is 0 Å². The summed E-state index contributed by atoms with van der Waals surface area (Å²) in [7, 11) is 0. The number of fused-ring (bicyclic) bond motifs is 10. The van der Waals surface area contributed by atoms with Crippen LogP contribution in [0.2, 0.25) is 0 Å². The minimum Gasteiger partial charge on any atom is -0.377 e. The Morgan fingerprint density at radius 3 is 2.86 bits per heavy atom. The molecule has 1 aromatic heterocycles. The van der Waals surface area contributed by atoms with Gasteiger partial charge in [0.25, 0.3) is 5.91 Å². The number of hydrogen-bond acceptors (Lipinski definition) is 2. The lowest BCUT2D eigenvalue weighted by molar-refractivity contribution is 0.0966. The van der Waals surface area contributed by atoms with Gasteiger partial charge in [0, 0.05) is 41.4 Å². The highest BCUT2D eigenvalue weighted by Gasteiger charge is 2.34. The molecule has 0 unspecified atom stereocenters. The number of hydrogen-bond donors (Lipinski definition) is 2. The zero-order valence-corrected chi connectivity index (χ0v) is 15.7. The zero-order valence-electron chi connectivity index (χ0n) is 15.7. The Kier molecular flexibility index (Phi) is 3.23. The molecule has 0 bridgehead atoms. The number of carbonyl (C=O) groups is 1. The summed E-state index contributed by atoms with van der Waals surface area (Å²) in [4.78, 5) is 16.5. The van der Waals surface area contributed by atoms with Gasteiger partial charge >= 0.3 is 0 Å². The van der Waals surface area contributed by atoms with Crippen molar-refractivity contribution in [1.29, 1.82) is 0 Å². The molecule has 4 aromatic rings. The van der Waals surface area contributed by atoms with Crippen LogP contribution in [-0.2, 0) is 24.3 Å². The van der Waals surface area contributed by atoms with Crippen LogP contribution < -0.4 is 5.32 Å². The van der Waals surface area contributed by atoms with E-state index in [1.165, 1.54) is 33.0 Å². The van der Waals surface area contributed by atoms with Crippen molar-refractivity contribution < 1.29 is 9.53 Å². The molecule has 1 aliphatic carbocycles. The quantitative estimate of drug-likeness (QED) is 0.486. The van der Waals surface area contributed by atoms with Crippen molar-refractivity contribution in [3.8, 4) is 11.1 Å². The number of H-pyrrole nitrogens is 1. The van der Waals surface area contributed by atoms with Crippen LogP contribution in [0.1, 0.15) is 39.5 Å². The number of aromatic nitrogens is 1. The summed E-state index contributed by atoms with van der Waals surface area (Å²) in [5.41, 5.74) is 10.3. The van der Waals surface area contributed by atoms with E-state index in [4.69, 9.17) is 4.74 Å². The van der Waals surface area contributed by atoms with Crippen molar-refractivity contribution in [1.82, 2.24) is 10.3 Å². The maximum Gasteiger partial charge on any atom is 0.252 e. The molecule has 0 saturated carbocycles. The van der Waals surface area contributed by atoms with E-state index < -0.39 is 0 Å². The molecule has 2 N–H and O–H groups in total. The van der Waals surface area contributed by atoms with Crippen LogP contribution in [0.15, 0.2) is 42.5 Å². The van der Waals surface area contributed by atoms with Crippen LogP contribution in [0.4, 0.5) is 0 Å². The number of aromatic amines is 1. The highest BCUT2D eigenvalue weighted by Crippen LogP contribution is 2.47. The first-order valence-electron chi connectivity index (χ1n) is 9.82. The Morgan fingerprint density at radius 1 is 1.07 bits per heavy atom. The van der Waals surface area contributed by atoms with Gasteiger partial charge in [-0.25, -0.2) is 0 Å². The highest BCUT2D eigenvalue weighted by atomic mass is 16.5. The fourth-order valence-electron chi connectivity index (χ4n) is 4.91. The van der Waals surface area contributed by atoms with E-state index in [0.29, 0.717) is 19.8 Å². The lowest BCUT2D eigenvalue weighted by Gasteiger charge is -2.10. The van der Waals surface area contributed by atoms with Gasteiger partial charge < -0.3 is 15.0 Å². The third kappa shape index (κ3) is 2.01. The fourth-order valence-corrected chi connectivity index (χ4v) is 4.91. The lowest BCUT2D eigenvalue weighted by Crippen LogP contribution is -2.13. The molecule has 3 aromatic carbocycles. The maximum absolute atomic E-state index is 12.8. The Balaban J connectivity index is 1.71. The summed E-state index contributed by atoms with van der Waals surface area (Å²) >= 11 is 0. The number of ether oxygens (including phenoxy) is 1. The summed E-state index contributed by atoms with van der Waals surface area (Å²) in [6.45, 7) is 3.90. The van der Waals surface area contributed by atoms with Gasteiger partial charge in [-0.3, -0.25) is 4.79 Å². The second-order valence-corrected chi connectivity index (χ2v) is 7.62. The largest absolute Gasteiger partial charge is 0.377 e. The second-order valence-electron chi connectivity index (χ2n) is 7.62. The molecule has 138 valence electrons. The average molecular weight is 368 g/mol. The highest BCUT2D eigenvalue weighted by molar-refractivity contribution is 6.19. The molecule has 2 heterocycles. The van der Waals surface area contributed by atoms with Gasteiger partial charge in [-0.15, -0.1) is 0 Å². The molecular weight excluding hydrogens is 348 g/mol. The van der Waals surface area contributed by atoms with E-state index in [1.807, 2.05) is 6.92 Å². The predicted molar refractivity (Wildman–Crippen MR) is 111 cm³/mol. The Labute approximate surface area is 162 Å². The molecule has 4 heteroatoms. The summed E-state index contributed by atoms with van der Waals surface area (Å²) < 4.78 is 5.61. The summed E-state index contributed by atoms with van der Waals surface area (Å²) in [5.74, 6) is 0.0460. The first kappa shape index (κ1) is 15.9. The Morgan fingerprint density at radius 2 is 1.96 bits per heavy atom. The van der Waals surface area contributed by atoms with Gasteiger partial charge in [0.05, 0.1) is 17.7 Å². The second kappa shape index (κ2) is 5.69. The first-order valence-corrected chi connectivity index (χ1v) is 9.82. The van der Waals surface area contributed by atoms with Gasteiger partial charge in [0.15, 0.2) is 0 Å². The Hall–Kier alpha value is -3.11. The maximum atomic E-state index is 12.8. The number of carbonyl (C=O) groups excluding carboxylic acids is 1. The Bertz CT molecular complexity index is 1300. The lowest BCUT2D eigenvalue weighted by atomic mass is 9.92. The summed E-state index contributed by atoms with van der Waals surface area (Å²) in [5, 5.41) is 5.43. The van der Waals surface area contributed by atoms with Crippen molar-refractivity contribution in [2.45, 2.75) is 26.5 Å². The standard InChI is InChI=1S/C24H20N2O2/c1-2-28-12-13-7-8-19-16(9-13)21-18-11-25-24(27)22(18)20-15-6-4-3-5-14(15)10-17(20)23(21)26-19/h3-9,26H,2,10-12H2,1H3,(H,25,27). The number of rotatable bonds is 3. The van der Waals surface area contributed by atoms with Crippen molar-refractivity contribution in [2.24, 2.45) is 0 Å². The van der Waals surface area contributed by atoms with E-state index >= 15 is 0 Å². The molecular formula is C24H20N2O2. The van der Waals surface area contributed by atoms with E-state index in [9.17, 15) is 4.79 Å². The molecule has 28 heavy (non-hydrogen) atoms. The molecule has 0 atom stereocenters. The molecule has 0 saturated heterocycles. The van der Waals surface area contributed by atoms with Crippen LogP contribution in [0.3, 0.4) is 0 Å². The van der Waals surface area contributed by atoms with E-state index in [0.717, 1.165) is 34.2 Å². The monoisotopic (exact) mass is 368 g/mol. The molecule has 0 radical (unpaired) electrons. The molecule has 1 aliphatic heterocycles. The van der Waals surface area contributed by atoms with Crippen molar-refractivity contribution in [3.05, 3.63) is 70.3 Å². The first-order chi connectivity index (χ1) is 13.8. The minimum absolute atomic E-state index is 0.0460. The van der Waals surface area contributed by atoms with E-state index in [-0.39, 0.29) is 5.91 Å². The minimum atomic E-state index is 0.0460. The van der Waals surface area contributed by atoms with Gasteiger partial charge in [0.2, 0.25) is 0 Å². The predicted octanol–water partition coefficient (Wildman–Crippen LogP) is 4.67. The van der Waals surface area contributed by atoms with Crippen LogP contribution in [-0.4, -0.2) is 17.5 Å². The number of amides is 1. The van der Waals surface area contributed by atoms with Gasteiger partial charge in [-0.05, 0) is 46.9 Å². The smallest absolute Gasteiger partial charge is 0.252 e. The van der Waals surface area contributed by atoms with Crippen LogP contribution in [0.25, 0.3) is 32.9 Å². The third-order valence-corrected chi connectivity index (χ3v) is 6.10. The normalized spacial score (nSPS) is 14.4. The third-order valence-electron chi connectivity index (χ3n) is 6.10. The van der Waals surface area contributed by atoms with E-state index in [1.54, 1.807) is 0 Å². The van der Waals surface area contributed by atoms with Crippen molar-refractivity contribution in [2.75, 3.05) is 6.61 Å². The van der Waals surface area contributed by atoms with Gasteiger partial charge in [-0.1, -0.05) is 30.3 Å². The molecule has 0 fully saturated rings. The topological polar surface area (TPSA) is 54.1 Å². The van der Waals surface area contributed by atoms with Crippen molar-refractivity contribution in [3.63, 3.8) is 0 Å². The molecule has 0 spiro atoms. The SMILES string of the molecule is CCOCc1ccc2[nH]c3c4c(c5c(c3c2c1)CNC5=O)-c1ccccc1C4. The average Bonchev–Trinajstić information content (AvgIpc) is 3.38. The molecule has 6 rings (SSSR count). The molecule has 1 amide bonds. The zero-order chi connectivity index (χ0) is 18.8. The number of nitrogens with one attached hydrogen (secondary N) is 2.